The number of amides is 1. The van der Waals surface area contributed by atoms with Gasteiger partial charge in [-0.3, -0.25) is 9.78 Å². The Labute approximate surface area is 149 Å². The SMILES string of the molecule is CCC(CC)[C@@H]1C[C@@H](NC(=O)[C@@H]2CC(c3ccncc3)=NO2)CCO1. The van der Waals surface area contributed by atoms with Crippen LogP contribution >= 0.6 is 0 Å². The second-order valence-electron chi connectivity index (χ2n) is 6.79. The molecule has 3 rings (SSSR count). The number of ether oxygens (including phenoxy) is 1. The van der Waals surface area contributed by atoms with Crippen LogP contribution in [0.3, 0.4) is 0 Å². The molecule has 0 aliphatic carbocycles. The van der Waals surface area contributed by atoms with Crippen molar-refractivity contribution in [3.8, 4) is 0 Å². The Morgan fingerprint density at radius 2 is 2.08 bits per heavy atom. The van der Waals surface area contributed by atoms with Gasteiger partial charge in [0.15, 0.2) is 0 Å². The quantitative estimate of drug-likeness (QED) is 0.860. The second-order valence-corrected chi connectivity index (χ2v) is 6.79. The molecule has 2 aliphatic rings. The first-order chi connectivity index (χ1) is 12.2. The lowest BCUT2D eigenvalue weighted by Gasteiger charge is -2.34. The van der Waals surface area contributed by atoms with Crippen LogP contribution in [-0.4, -0.2) is 41.5 Å². The van der Waals surface area contributed by atoms with Crippen LogP contribution in [0.25, 0.3) is 0 Å². The van der Waals surface area contributed by atoms with Crippen molar-refractivity contribution in [2.45, 2.75) is 64.2 Å². The summed E-state index contributed by atoms with van der Waals surface area (Å²) in [6.07, 6.45) is 7.56. The van der Waals surface area contributed by atoms with E-state index in [0.29, 0.717) is 18.9 Å². The third kappa shape index (κ3) is 4.37. The normalized spacial score (nSPS) is 26.2. The number of aromatic nitrogens is 1. The predicted molar refractivity (Wildman–Crippen MR) is 95.2 cm³/mol. The minimum atomic E-state index is -0.544. The fourth-order valence-electron chi connectivity index (χ4n) is 3.63. The maximum Gasteiger partial charge on any atom is 0.264 e. The lowest BCUT2D eigenvalue weighted by atomic mass is 9.89. The predicted octanol–water partition coefficient (Wildman–Crippen LogP) is 2.67. The van der Waals surface area contributed by atoms with Crippen molar-refractivity contribution in [2.24, 2.45) is 11.1 Å². The van der Waals surface area contributed by atoms with Crippen molar-refractivity contribution in [2.75, 3.05) is 6.61 Å². The summed E-state index contributed by atoms with van der Waals surface area (Å²) in [5.74, 6) is 0.479. The molecule has 3 heterocycles. The van der Waals surface area contributed by atoms with Gasteiger partial charge in [-0.05, 0) is 30.9 Å². The molecule has 25 heavy (non-hydrogen) atoms. The van der Waals surface area contributed by atoms with Crippen molar-refractivity contribution in [3.63, 3.8) is 0 Å². The van der Waals surface area contributed by atoms with Gasteiger partial charge < -0.3 is 14.9 Å². The third-order valence-corrected chi connectivity index (χ3v) is 5.21. The second kappa shape index (κ2) is 8.43. The summed E-state index contributed by atoms with van der Waals surface area (Å²) in [5, 5.41) is 7.21. The van der Waals surface area contributed by atoms with E-state index in [1.807, 2.05) is 12.1 Å². The molecule has 0 spiro atoms. The Kier molecular flexibility index (Phi) is 6.02. The van der Waals surface area contributed by atoms with Gasteiger partial charge in [0.1, 0.15) is 0 Å². The molecule has 1 amide bonds. The molecule has 1 aromatic heterocycles. The molecular weight excluding hydrogens is 318 g/mol. The number of pyridine rings is 1. The molecule has 6 nitrogen and oxygen atoms in total. The summed E-state index contributed by atoms with van der Waals surface area (Å²) in [7, 11) is 0. The highest BCUT2D eigenvalue weighted by Crippen LogP contribution is 2.25. The highest BCUT2D eigenvalue weighted by Gasteiger charge is 2.33. The average molecular weight is 345 g/mol. The van der Waals surface area contributed by atoms with E-state index in [4.69, 9.17) is 9.57 Å². The van der Waals surface area contributed by atoms with Crippen LogP contribution in [0.1, 0.15) is 51.5 Å². The molecule has 3 atom stereocenters. The van der Waals surface area contributed by atoms with Crippen molar-refractivity contribution >= 4 is 11.6 Å². The third-order valence-electron chi connectivity index (χ3n) is 5.21. The van der Waals surface area contributed by atoms with E-state index in [1.54, 1.807) is 12.4 Å². The number of nitrogens with zero attached hydrogens (tertiary/aromatic N) is 2. The van der Waals surface area contributed by atoms with Crippen LogP contribution in [-0.2, 0) is 14.4 Å². The number of oxime groups is 1. The Balaban J connectivity index is 1.51. The van der Waals surface area contributed by atoms with Crippen molar-refractivity contribution in [1.82, 2.24) is 10.3 Å². The van der Waals surface area contributed by atoms with Crippen LogP contribution in [0.2, 0.25) is 0 Å². The molecule has 136 valence electrons. The molecule has 1 saturated heterocycles. The number of hydrogen-bond acceptors (Lipinski definition) is 5. The summed E-state index contributed by atoms with van der Waals surface area (Å²) in [6.45, 7) is 5.10. The highest BCUT2D eigenvalue weighted by atomic mass is 16.6. The molecule has 0 bridgehead atoms. The molecule has 1 aromatic rings. The lowest BCUT2D eigenvalue weighted by Crippen LogP contribution is -2.47. The van der Waals surface area contributed by atoms with E-state index >= 15 is 0 Å². The molecule has 1 N–H and O–H groups in total. The number of rotatable bonds is 6. The van der Waals surface area contributed by atoms with Gasteiger partial charge in [0.25, 0.3) is 5.91 Å². The molecule has 0 aromatic carbocycles. The standard InChI is InChI=1S/C19H27N3O3/c1-3-13(4-2)17-11-15(7-10-24-17)21-19(23)18-12-16(22-25-18)14-5-8-20-9-6-14/h5-6,8-9,13,15,17-18H,3-4,7,10-12H2,1-2H3,(H,21,23)/t15-,17-,18-/m0/s1. The minimum absolute atomic E-state index is 0.0806. The Morgan fingerprint density at radius 1 is 1.32 bits per heavy atom. The first-order valence-corrected chi connectivity index (χ1v) is 9.26. The van der Waals surface area contributed by atoms with Crippen LogP contribution in [0, 0.1) is 5.92 Å². The number of carbonyl (C=O) groups excluding carboxylic acids is 1. The van der Waals surface area contributed by atoms with Crippen molar-refractivity contribution < 1.29 is 14.4 Å². The van der Waals surface area contributed by atoms with Crippen LogP contribution in [0.15, 0.2) is 29.7 Å². The molecule has 0 saturated carbocycles. The molecule has 1 fully saturated rings. The van der Waals surface area contributed by atoms with E-state index in [1.165, 1.54) is 0 Å². The summed E-state index contributed by atoms with van der Waals surface area (Å²) in [4.78, 5) is 21.9. The minimum Gasteiger partial charge on any atom is -0.382 e. The van der Waals surface area contributed by atoms with Crippen molar-refractivity contribution in [1.29, 1.82) is 0 Å². The zero-order chi connectivity index (χ0) is 17.6. The smallest absolute Gasteiger partial charge is 0.264 e. The Morgan fingerprint density at radius 3 is 2.80 bits per heavy atom. The topological polar surface area (TPSA) is 72.8 Å². The number of hydrogen-bond donors (Lipinski definition) is 1. The highest BCUT2D eigenvalue weighted by molar-refractivity contribution is 6.03. The van der Waals surface area contributed by atoms with Gasteiger partial charge in [-0.25, -0.2) is 0 Å². The maximum absolute atomic E-state index is 12.5. The fourth-order valence-corrected chi connectivity index (χ4v) is 3.63. The van der Waals surface area contributed by atoms with E-state index in [0.717, 1.165) is 37.0 Å². The van der Waals surface area contributed by atoms with Crippen LogP contribution in [0.5, 0.6) is 0 Å². The summed E-state index contributed by atoms with van der Waals surface area (Å²) in [5.41, 5.74) is 1.74. The lowest BCUT2D eigenvalue weighted by molar-refractivity contribution is -0.133. The first-order valence-electron chi connectivity index (χ1n) is 9.26. The van der Waals surface area contributed by atoms with Gasteiger partial charge in [0.2, 0.25) is 6.10 Å². The summed E-state index contributed by atoms with van der Waals surface area (Å²) in [6, 6.07) is 3.91. The van der Waals surface area contributed by atoms with Gasteiger partial charge in [0.05, 0.1) is 11.8 Å². The van der Waals surface area contributed by atoms with Crippen LogP contribution in [0.4, 0.5) is 0 Å². The molecular formula is C19H27N3O3. The Bertz CT molecular complexity index is 601. The van der Waals surface area contributed by atoms with Gasteiger partial charge in [-0.15, -0.1) is 0 Å². The Hall–Kier alpha value is -1.95. The summed E-state index contributed by atoms with van der Waals surface area (Å²) >= 11 is 0. The molecule has 0 unspecified atom stereocenters. The van der Waals surface area contributed by atoms with Gasteiger partial charge >= 0.3 is 0 Å². The average Bonchev–Trinajstić information content (AvgIpc) is 3.14. The number of nitrogens with one attached hydrogen (secondary N) is 1. The molecule has 6 heteroatoms. The van der Waals surface area contributed by atoms with Gasteiger partial charge in [-0.2, -0.15) is 0 Å². The van der Waals surface area contributed by atoms with E-state index in [-0.39, 0.29) is 18.1 Å². The van der Waals surface area contributed by atoms with E-state index < -0.39 is 6.10 Å². The van der Waals surface area contributed by atoms with Crippen LogP contribution < -0.4 is 5.32 Å². The largest absolute Gasteiger partial charge is 0.382 e. The van der Waals surface area contributed by atoms with Gasteiger partial charge in [-0.1, -0.05) is 31.8 Å². The summed E-state index contributed by atoms with van der Waals surface area (Å²) < 4.78 is 5.92. The maximum atomic E-state index is 12.5. The fraction of sp³-hybridized carbons (Fsp3) is 0.632. The monoisotopic (exact) mass is 345 g/mol. The zero-order valence-corrected chi connectivity index (χ0v) is 15.0. The van der Waals surface area contributed by atoms with Crippen molar-refractivity contribution in [3.05, 3.63) is 30.1 Å². The van der Waals surface area contributed by atoms with E-state index in [2.05, 4.69) is 29.3 Å². The first kappa shape index (κ1) is 17.9. The zero-order valence-electron chi connectivity index (χ0n) is 15.0. The molecule has 0 radical (unpaired) electrons. The number of carbonyl (C=O) groups is 1. The van der Waals surface area contributed by atoms with Gasteiger partial charge in [0, 0.05) is 37.0 Å². The molecule has 2 aliphatic heterocycles. The van der Waals surface area contributed by atoms with E-state index in [9.17, 15) is 4.79 Å².